The van der Waals surface area contributed by atoms with Gasteiger partial charge >= 0.3 is 0 Å². The van der Waals surface area contributed by atoms with E-state index >= 15 is 0 Å². The first-order valence-electron chi connectivity index (χ1n) is 7.97. The van der Waals surface area contributed by atoms with Gasteiger partial charge in [-0.05, 0) is 41.5 Å². The summed E-state index contributed by atoms with van der Waals surface area (Å²) >= 11 is 1.89. The summed E-state index contributed by atoms with van der Waals surface area (Å²) in [5, 5.41) is 15.0. The molecule has 3 nitrogen and oxygen atoms in total. The topological polar surface area (TPSA) is 35.5 Å². The van der Waals surface area contributed by atoms with Crippen LogP contribution >= 0.6 is 11.3 Å². The van der Waals surface area contributed by atoms with Crippen molar-refractivity contribution in [3.05, 3.63) is 57.3 Å². The normalized spacial score (nSPS) is 16.5. The van der Waals surface area contributed by atoms with E-state index in [0.717, 1.165) is 25.2 Å². The van der Waals surface area contributed by atoms with Crippen LogP contribution in [0, 0.1) is 0 Å². The zero-order valence-electron chi connectivity index (χ0n) is 13.1. The summed E-state index contributed by atoms with van der Waals surface area (Å²) < 4.78 is 0. The minimum Gasteiger partial charge on any atom is -0.392 e. The number of benzene rings is 1. The molecule has 0 saturated carbocycles. The van der Waals surface area contributed by atoms with E-state index < -0.39 is 0 Å². The molecule has 0 amide bonds. The summed E-state index contributed by atoms with van der Waals surface area (Å²) in [6, 6.07) is 10.8. The van der Waals surface area contributed by atoms with Crippen LogP contribution in [0.25, 0.3) is 0 Å². The number of thiophene rings is 1. The SMILES string of the molecule is CC(NCCN1CCc2sccc2C1)c1cccc(CO)c1. The minimum atomic E-state index is 0.108. The Kier molecular flexibility index (Phi) is 5.26. The van der Waals surface area contributed by atoms with Gasteiger partial charge in [0.25, 0.3) is 0 Å². The van der Waals surface area contributed by atoms with Crippen molar-refractivity contribution in [3.8, 4) is 0 Å². The molecule has 22 heavy (non-hydrogen) atoms. The lowest BCUT2D eigenvalue weighted by molar-refractivity contribution is 0.253. The largest absolute Gasteiger partial charge is 0.392 e. The third-order valence-corrected chi connectivity index (χ3v) is 5.42. The molecule has 1 aromatic heterocycles. The van der Waals surface area contributed by atoms with Crippen LogP contribution < -0.4 is 5.32 Å². The fourth-order valence-electron chi connectivity index (χ4n) is 3.02. The molecular formula is C18H24N2OS. The molecule has 2 aromatic rings. The van der Waals surface area contributed by atoms with Crippen molar-refractivity contribution >= 4 is 11.3 Å². The van der Waals surface area contributed by atoms with Crippen molar-refractivity contribution in [3.63, 3.8) is 0 Å². The second-order valence-corrected chi connectivity index (χ2v) is 6.97. The van der Waals surface area contributed by atoms with Gasteiger partial charge in [-0.15, -0.1) is 11.3 Å². The van der Waals surface area contributed by atoms with Crippen molar-refractivity contribution < 1.29 is 5.11 Å². The lowest BCUT2D eigenvalue weighted by Gasteiger charge is -2.27. The van der Waals surface area contributed by atoms with E-state index in [1.165, 1.54) is 24.1 Å². The van der Waals surface area contributed by atoms with Crippen LogP contribution in [-0.4, -0.2) is 29.6 Å². The molecule has 1 atom stereocenters. The molecule has 0 fully saturated rings. The van der Waals surface area contributed by atoms with Gasteiger partial charge in [0.05, 0.1) is 6.61 Å². The molecule has 1 aliphatic rings. The highest BCUT2D eigenvalue weighted by Gasteiger charge is 2.16. The van der Waals surface area contributed by atoms with Crippen LogP contribution in [0.15, 0.2) is 35.7 Å². The van der Waals surface area contributed by atoms with Crippen LogP contribution in [0.1, 0.15) is 34.5 Å². The number of aliphatic hydroxyl groups excluding tert-OH is 1. The fraction of sp³-hybridized carbons (Fsp3) is 0.444. The summed E-state index contributed by atoms with van der Waals surface area (Å²) in [7, 11) is 0. The number of hydrogen-bond donors (Lipinski definition) is 2. The second-order valence-electron chi connectivity index (χ2n) is 5.97. The van der Waals surface area contributed by atoms with Crippen LogP contribution in [-0.2, 0) is 19.6 Å². The highest BCUT2D eigenvalue weighted by atomic mass is 32.1. The molecule has 1 unspecified atom stereocenters. The lowest BCUT2D eigenvalue weighted by Crippen LogP contribution is -2.36. The lowest BCUT2D eigenvalue weighted by atomic mass is 10.1. The molecule has 0 aliphatic carbocycles. The van der Waals surface area contributed by atoms with Crippen LogP contribution in [0.4, 0.5) is 0 Å². The molecular weight excluding hydrogens is 292 g/mol. The molecule has 0 spiro atoms. The van der Waals surface area contributed by atoms with Crippen molar-refractivity contribution in [2.45, 2.75) is 32.5 Å². The molecule has 2 N–H and O–H groups in total. The summed E-state index contributed by atoms with van der Waals surface area (Å²) in [4.78, 5) is 4.09. The second kappa shape index (κ2) is 7.38. The Balaban J connectivity index is 1.47. The first kappa shape index (κ1) is 15.7. The quantitative estimate of drug-likeness (QED) is 0.860. The number of fused-ring (bicyclic) bond motifs is 1. The molecule has 1 aliphatic heterocycles. The van der Waals surface area contributed by atoms with Gasteiger partial charge in [0.15, 0.2) is 0 Å². The summed E-state index contributed by atoms with van der Waals surface area (Å²) in [6.07, 6.45) is 1.20. The standard InChI is InChI=1S/C18H24N2OS/c1-14(16-4-2-3-15(11-16)13-21)19-7-9-20-8-5-18-17(12-20)6-10-22-18/h2-4,6,10-11,14,19,21H,5,7-9,12-13H2,1H3. The van der Waals surface area contributed by atoms with E-state index in [4.69, 9.17) is 0 Å². The maximum Gasteiger partial charge on any atom is 0.0681 e. The Morgan fingerprint density at radius 1 is 1.36 bits per heavy atom. The Bertz CT molecular complexity index is 611. The Morgan fingerprint density at radius 3 is 3.14 bits per heavy atom. The summed E-state index contributed by atoms with van der Waals surface area (Å²) in [5.41, 5.74) is 3.73. The molecule has 0 bridgehead atoms. The van der Waals surface area contributed by atoms with E-state index in [0.29, 0.717) is 6.04 Å². The first-order chi connectivity index (χ1) is 10.8. The van der Waals surface area contributed by atoms with Gasteiger partial charge in [-0.2, -0.15) is 0 Å². The van der Waals surface area contributed by atoms with Crippen LogP contribution in [0.2, 0.25) is 0 Å². The molecule has 0 saturated heterocycles. The van der Waals surface area contributed by atoms with Crippen molar-refractivity contribution in [1.29, 1.82) is 0 Å². The maximum absolute atomic E-state index is 9.23. The molecule has 118 valence electrons. The highest BCUT2D eigenvalue weighted by Crippen LogP contribution is 2.23. The van der Waals surface area contributed by atoms with Gasteiger partial charge in [0.2, 0.25) is 0 Å². The average Bonchev–Trinajstić information content (AvgIpc) is 3.02. The van der Waals surface area contributed by atoms with Crippen molar-refractivity contribution in [1.82, 2.24) is 10.2 Å². The Hall–Kier alpha value is -1.20. The van der Waals surface area contributed by atoms with Crippen molar-refractivity contribution in [2.75, 3.05) is 19.6 Å². The third kappa shape index (κ3) is 3.76. The molecule has 2 heterocycles. The van der Waals surface area contributed by atoms with Gasteiger partial charge in [-0.1, -0.05) is 24.3 Å². The first-order valence-corrected chi connectivity index (χ1v) is 8.85. The number of rotatable bonds is 6. The number of nitrogens with one attached hydrogen (secondary N) is 1. The number of aliphatic hydroxyl groups is 1. The summed E-state index contributed by atoms with van der Waals surface area (Å²) in [6.45, 7) is 6.63. The molecule has 1 aromatic carbocycles. The highest BCUT2D eigenvalue weighted by molar-refractivity contribution is 7.10. The predicted octanol–water partition coefficient (Wildman–Crippen LogP) is 2.95. The summed E-state index contributed by atoms with van der Waals surface area (Å²) in [5.74, 6) is 0. The van der Waals surface area contributed by atoms with Gasteiger partial charge < -0.3 is 10.4 Å². The predicted molar refractivity (Wildman–Crippen MR) is 92.1 cm³/mol. The smallest absolute Gasteiger partial charge is 0.0681 e. The molecule has 3 rings (SSSR count). The van der Waals surface area contributed by atoms with E-state index in [-0.39, 0.29) is 6.61 Å². The number of nitrogens with zero attached hydrogens (tertiary/aromatic N) is 1. The van der Waals surface area contributed by atoms with Gasteiger partial charge in [0.1, 0.15) is 0 Å². The minimum absolute atomic E-state index is 0.108. The van der Waals surface area contributed by atoms with Crippen LogP contribution in [0.5, 0.6) is 0 Å². The monoisotopic (exact) mass is 316 g/mol. The maximum atomic E-state index is 9.23. The molecule has 4 heteroatoms. The molecule has 0 radical (unpaired) electrons. The fourth-order valence-corrected chi connectivity index (χ4v) is 3.91. The zero-order chi connectivity index (χ0) is 15.4. The van der Waals surface area contributed by atoms with E-state index in [1.807, 2.05) is 23.5 Å². The Labute approximate surface area is 136 Å². The number of hydrogen-bond acceptors (Lipinski definition) is 4. The Morgan fingerprint density at radius 2 is 2.27 bits per heavy atom. The average molecular weight is 316 g/mol. The van der Waals surface area contributed by atoms with Gasteiger partial charge in [-0.25, -0.2) is 0 Å². The van der Waals surface area contributed by atoms with Crippen LogP contribution in [0.3, 0.4) is 0 Å². The van der Waals surface area contributed by atoms with Crippen molar-refractivity contribution in [2.24, 2.45) is 0 Å². The van der Waals surface area contributed by atoms with Gasteiger partial charge in [0, 0.05) is 37.1 Å². The van der Waals surface area contributed by atoms with E-state index in [1.54, 1.807) is 4.88 Å². The zero-order valence-corrected chi connectivity index (χ0v) is 13.9. The van der Waals surface area contributed by atoms with E-state index in [9.17, 15) is 5.11 Å². The van der Waals surface area contributed by atoms with Gasteiger partial charge in [-0.3, -0.25) is 4.90 Å². The third-order valence-electron chi connectivity index (χ3n) is 4.40. The van der Waals surface area contributed by atoms with E-state index in [2.05, 4.69) is 40.7 Å².